The minimum Gasteiger partial charge on any atom is -0.411 e. The second kappa shape index (κ2) is 28.3. The fraction of sp³-hybridized carbons (Fsp3) is 0.957. The predicted octanol–water partition coefficient (Wildman–Crippen LogP) is 9.50. The van der Waals surface area contributed by atoms with Crippen molar-refractivity contribution in [3.05, 3.63) is 0 Å². The number of hydrogen-bond acceptors (Lipinski definition) is 2. The maximum Gasteiger partial charge on any atom is 0.0570 e. The van der Waals surface area contributed by atoms with Gasteiger partial charge in [-0.15, -0.1) is 0 Å². The Kier molecular flexibility index (Phi) is 40.2. The molecule has 0 rings (SSSR count). The van der Waals surface area contributed by atoms with Gasteiger partial charge < -0.3 is 5.21 Å². The van der Waals surface area contributed by atoms with Crippen molar-refractivity contribution in [3.8, 4) is 0 Å². The van der Waals surface area contributed by atoms with Crippen LogP contribution in [0.5, 0.6) is 0 Å². The van der Waals surface area contributed by atoms with Crippen LogP contribution < -0.4 is 0 Å². The van der Waals surface area contributed by atoms with Crippen molar-refractivity contribution in [1.29, 1.82) is 0 Å². The molecular formula is C23H55NO. The van der Waals surface area contributed by atoms with Gasteiger partial charge in [-0.2, -0.15) is 0 Å². The summed E-state index contributed by atoms with van der Waals surface area (Å²) in [5, 5.41) is 12.5. The number of rotatable bonds is 15. The first kappa shape index (κ1) is 35.6. The number of oxime groups is 1. The van der Waals surface area contributed by atoms with E-state index in [0.29, 0.717) is 5.92 Å². The van der Waals surface area contributed by atoms with Crippen LogP contribution in [-0.4, -0.2) is 10.9 Å². The van der Waals surface area contributed by atoms with E-state index in [1.165, 1.54) is 89.9 Å². The highest BCUT2D eigenvalue weighted by Crippen LogP contribution is 2.20. The molecule has 0 aliphatic rings. The zero-order valence-electron chi connectivity index (χ0n) is 14.9. The van der Waals surface area contributed by atoms with E-state index in [4.69, 9.17) is 5.21 Å². The van der Waals surface area contributed by atoms with E-state index >= 15 is 0 Å². The monoisotopic (exact) mass is 361 g/mol. The fourth-order valence-electron chi connectivity index (χ4n) is 2.99. The Morgan fingerprint density at radius 1 is 0.640 bits per heavy atom. The van der Waals surface area contributed by atoms with Crippen LogP contribution >= 0.6 is 0 Å². The summed E-state index contributed by atoms with van der Waals surface area (Å²) in [4.78, 5) is 0. The summed E-state index contributed by atoms with van der Waals surface area (Å²) < 4.78 is 0. The van der Waals surface area contributed by atoms with Crippen molar-refractivity contribution in [2.45, 2.75) is 140 Å². The first-order valence-electron chi connectivity index (χ1n) is 9.44. The predicted molar refractivity (Wildman–Crippen MR) is 121 cm³/mol. The largest absolute Gasteiger partial charge is 0.411 e. The van der Waals surface area contributed by atoms with E-state index in [-0.39, 0.29) is 29.7 Å². The first-order valence-corrected chi connectivity index (χ1v) is 9.44. The van der Waals surface area contributed by atoms with Gasteiger partial charge in [0.15, 0.2) is 0 Å². The van der Waals surface area contributed by atoms with Gasteiger partial charge in [-0.1, -0.05) is 126 Å². The maximum atomic E-state index is 9.04. The summed E-state index contributed by atoms with van der Waals surface area (Å²) in [6, 6.07) is 0. The molecule has 158 valence electrons. The minimum atomic E-state index is 0. The van der Waals surface area contributed by atoms with Crippen LogP contribution in [0.3, 0.4) is 0 Å². The van der Waals surface area contributed by atoms with Crippen molar-refractivity contribution in [3.63, 3.8) is 0 Å². The molecule has 0 amide bonds. The van der Waals surface area contributed by atoms with E-state index in [1.807, 2.05) is 6.92 Å². The second-order valence-corrected chi connectivity index (χ2v) is 6.55. The summed E-state index contributed by atoms with van der Waals surface area (Å²) >= 11 is 0. The van der Waals surface area contributed by atoms with Gasteiger partial charge in [0, 0.05) is 5.92 Å². The zero-order valence-corrected chi connectivity index (χ0v) is 14.9. The van der Waals surface area contributed by atoms with Crippen LogP contribution in [0.15, 0.2) is 5.16 Å². The van der Waals surface area contributed by atoms with Gasteiger partial charge in [-0.3, -0.25) is 0 Å². The lowest BCUT2D eigenvalue weighted by atomic mass is 9.91. The van der Waals surface area contributed by atoms with Gasteiger partial charge in [-0.05, 0) is 19.8 Å². The van der Waals surface area contributed by atoms with Gasteiger partial charge in [-0.25, -0.2) is 0 Å². The van der Waals surface area contributed by atoms with Crippen molar-refractivity contribution < 1.29 is 5.21 Å². The molecule has 0 heterocycles. The number of hydrogen-bond donors (Lipinski definition) is 1. The molecule has 0 unspecified atom stereocenters. The molecule has 0 fully saturated rings. The standard InChI is InChI=1S/C19H39NO.4CH4/c1-4-6-8-10-12-14-16-19(18(3)20-21)17-15-13-11-9-7-5-2;;;;/h19,21H,4-17H2,1-3H3;4*1H4/b20-18+;;;;. The number of nitrogens with zero attached hydrogens (tertiary/aromatic N) is 1. The van der Waals surface area contributed by atoms with Crippen molar-refractivity contribution in [2.24, 2.45) is 11.1 Å². The molecule has 2 nitrogen and oxygen atoms in total. The van der Waals surface area contributed by atoms with Crippen LogP contribution in [0.1, 0.15) is 140 Å². The third-order valence-electron chi connectivity index (χ3n) is 4.56. The molecule has 0 aliphatic heterocycles. The van der Waals surface area contributed by atoms with Gasteiger partial charge in [0.1, 0.15) is 0 Å². The first-order chi connectivity index (χ1) is 10.3. The molecule has 0 saturated heterocycles. The molecule has 0 aromatic rings. The smallest absolute Gasteiger partial charge is 0.0570 e. The molecule has 0 bridgehead atoms. The van der Waals surface area contributed by atoms with Gasteiger partial charge in [0.05, 0.1) is 5.71 Å². The maximum absolute atomic E-state index is 9.04. The van der Waals surface area contributed by atoms with Gasteiger partial charge >= 0.3 is 0 Å². The highest BCUT2D eigenvalue weighted by Gasteiger charge is 2.12. The third-order valence-corrected chi connectivity index (χ3v) is 4.56. The van der Waals surface area contributed by atoms with Crippen molar-refractivity contribution in [2.75, 3.05) is 0 Å². The summed E-state index contributed by atoms with van der Waals surface area (Å²) in [5.74, 6) is 0.507. The molecule has 0 aromatic carbocycles. The zero-order chi connectivity index (χ0) is 15.8. The third kappa shape index (κ3) is 23.5. The lowest BCUT2D eigenvalue weighted by Crippen LogP contribution is -2.11. The van der Waals surface area contributed by atoms with Crippen LogP contribution in [0.25, 0.3) is 0 Å². The summed E-state index contributed by atoms with van der Waals surface area (Å²) in [6.07, 6.45) is 18.5. The highest BCUT2D eigenvalue weighted by molar-refractivity contribution is 5.83. The molecule has 0 radical (unpaired) electrons. The van der Waals surface area contributed by atoms with E-state index in [2.05, 4.69) is 19.0 Å². The summed E-state index contributed by atoms with van der Waals surface area (Å²) in [5.41, 5.74) is 0.942. The fourth-order valence-corrected chi connectivity index (χ4v) is 2.99. The lowest BCUT2D eigenvalue weighted by Gasteiger charge is -2.15. The molecule has 25 heavy (non-hydrogen) atoms. The molecule has 0 spiro atoms. The Morgan fingerprint density at radius 3 is 1.28 bits per heavy atom. The molecule has 0 aromatic heterocycles. The quantitative estimate of drug-likeness (QED) is 0.134. The van der Waals surface area contributed by atoms with Crippen LogP contribution in [0.2, 0.25) is 0 Å². The molecule has 2 heteroatoms. The highest BCUT2D eigenvalue weighted by atomic mass is 16.4. The topological polar surface area (TPSA) is 32.6 Å². The van der Waals surface area contributed by atoms with Crippen molar-refractivity contribution in [1.82, 2.24) is 0 Å². The minimum absolute atomic E-state index is 0. The Labute approximate surface area is 162 Å². The van der Waals surface area contributed by atoms with Crippen LogP contribution in [0, 0.1) is 5.92 Å². The van der Waals surface area contributed by atoms with Gasteiger partial charge in [0.2, 0.25) is 0 Å². The molecule has 0 atom stereocenters. The van der Waals surface area contributed by atoms with Crippen LogP contribution in [0.4, 0.5) is 0 Å². The van der Waals surface area contributed by atoms with Crippen molar-refractivity contribution >= 4 is 5.71 Å². The average Bonchev–Trinajstić information content (AvgIpc) is 2.51. The van der Waals surface area contributed by atoms with E-state index in [9.17, 15) is 0 Å². The molecule has 0 saturated carbocycles. The Hall–Kier alpha value is -0.530. The molecule has 0 aliphatic carbocycles. The Balaban J connectivity index is -0.000000333. The van der Waals surface area contributed by atoms with Crippen LogP contribution in [-0.2, 0) is 0 Å². The Bertz CT molecular complexity index is 222. The normalized spacial score (nSPS) is 10.3. The van der Waals surface area contributed by atoms with E-state index in [0.717, 1.165) is 5.71 Å². The average molecular weight is 362 g/mol. The second-order valence-electron chi connectivity index (χ2n) is 6.55. The Morgan fingerprint density at radius 2 is 0.960 bits per heavy atom. The molecule has 1 N–H and O–H groups in total. The number of unbranched alkanes of at least 4 members (excludes halogenated alkanes) is 10. The molecular weight excluding hydrogens is 306 g/mol. The van der Waals surface area contributed by atoms with Gasteiger partial charge in [0.25, 0.3) is 0 Å². The van der Waals surface area contributed by atoms with E-state index < -0.39 is 0 Å². The SMILES string of the molecule is C.C.C.C.CCCCCCCCC(CCCCCCCC)/C(C)=N/O. The summed E-state index contributed by atoms with van der Waals surface area (Å²) in [6.45, 7) is 6.51. The lowest BCUT2D eigenvalue weighted by molar-refractivity contribution is 0.312. The summed E-state index contributed by atoms with van der Waals surface area (Å²) in [7, 11) is 0. The van der Waals surface area contributed by atoms with E-state index in [1.54, 1.807) is 0 Å².